The lowest BCUT2D eigenvalue weighted by atomic mass is 10.1. The van der Waals surface area contributed by atoms with Crippen LogP contribution in [0.2, 0.25) is 0 Å². The number of ether oxygens (including phenoxy) is 1. The van der Waals surface area contributed by atoms with Gasteiger partial charge in [0.05, 0.1) is 5.88 Å². The second-order valence-corrected chi connectivity index (χ2v) is 5.41. The summed E-state index contributed by atoms with van der Waals surface area (Å²) in [5.74, 6) is -0.321. The number of halogens is 2. The van der Waals surface area contributed by atoms with E-state index >= 15 is 0 Å². The number of nitrogens with zero attached hydrogens (tertiary/aromatic N) is 1. The van der Waals surface area contributed by atoms with Gasteiger partial charge in [-0.2, -0.15) is 0 Å². The number of aryl methyl sites for hydroxylation is 1. The Bertz CT molecular complexity index is 686. The Morgan fingerprint density at radius 2 is 2.25 bits per heavy atom. The zero-order valence-corrected chi connectivity index (χ0v) is 11.1. The summed E-state index contributed by atoms with van der Waals surface area (Å²) in [5, 5.41) is 19.7. The van der Waals surface area contributed by atoms with Crippen LogP contribution in [-0.2, 0) is 4.74 Å². The fraction of sp³-hybridized carbons (Fsp3) is 0.636. The summed E-state index contributed by atoms with van der Waals surface area (Å²) in [6, 6.07) is 0. The van der Waals surface area contributed by atoms with Gasteiger partial charge in [0.2, 0.25) is 0 Å². The molecule has 1 aromatic rings. The van der Waals surface area contributed by atoms with Gasteiger partial charge in [0, 0.05) is 11.8 Å². The summed E-state index contributed by atoms with van der Waals surface area (Å²) in [5.41, 5.74) is -5.02. The molecule has 0 spiro atoms. The van der Waals surface area contributed by atoms with Gasteiger partial charge in [-0.15, -0.1) is 11.6 Å². The molecular formula is C11H12ClFN2O5. The Kier molecular flexibility index (Phi) is 2.69. The number of nitrogens with one attached hydrogen (secondary N) is 1. The summed E-state index contributed by atoms with van der Waals surface area (Å²) in [7, 11) is 0. The number of rotatable bonds is 2. The number of fused-ring (bicyclic) bond motifs is 1. The lowest BCUT2D eigenvalue weighted by Crippen LogP contribution is -2.40. The van der Waals surface area contributed by atoms with Crippen molar-refractivity contribution in [1.29, 1.82) is 0 Å². The van der Waals surface area contributed by atoms with E-state index in [1.807, 2.05) is 4.98 Å². The molecule has 1 saturated heterocycles. The van der Waals surface area contributed by atoms with E-state index in [1.54, 1.807) is 0 Å². The van der Waals surface area contributed by atoms with E-state index in [-0.39, 0.29) is 11.4 Å². The number of hydrogen-bond donors (Lipinski definition) is 3. The highest BCUT2D eigenvalue weighted by Gasteiger charge is 2.87. The summed E-state index contributed by atoms with van der Waals surface area (Å²) in [6.07, 6.45) is -3.80. The van der Waals surface area contributed by atoms with E-state index in [0.29, 0.717) is 0 Å². The molecule has 7 nitrogen and oxygen atoms in total. The Labute approximate surface area is 116 Å². The van der Waals surface area contributed by atoms with E-state index in [0.717, 1.165) is 10.8 Å². The van der Waals surface area contributed by atoms with Crippen molar-refractivity contribution in [1.82, 2.24) is 9.55 Å². The van der Waals surface area contributed by atoms with Crippen molar-refractivity contribution in [2.75, 3.05) is 5.88 Å². The predicted octanol–water partition coefficient (Wildman–Crippen LogP) is -1.20. The number of aromatic nitrogens is 2. The number of aliphatic hydroxyl groups excluding tert-OH is 1. The van der Waals surface area contributed by atoms with Gasteiger partial charge < -0.3 is 14.9 Å². The Hall–Kier alpha value is -1.22. The zero-order valence-electron chi connectivity index (χ0n) is 10.3. The maximum Gasteiger partial charge on any atom is 0.330 e. The third-order valence-electron chi connectivity index (χ3n) is 4.07. The minimum atomic E-state index is -2.14. The van der Waals surface area contributed by atoms with Crippen molar-refractivity contribution in [3.8, 4) is 0 Å². The molecule has 0 radical (unpaired) electrons. The Morgan fingerprint density at radius 3 is 2.80 bits per heavy atom. The van der Waals surface area contributed by atoms with Crippen LogP contribution in [0.4, 0.5) is 4.39 Å². The highest BCUT2D eigenvalue weighted by Crippen LogP contribution is 2.63. The molecule has 110 valence electrons. The highest BCUT2D eigenvalue weighted by molar-refractivity contribution is 6.19. The maximum atomic E-state index is 14.3. The molecule has 9 heteroatoms. The van der Waals surface area contributed by atoms with Crippen molar-refractivity contribution in [3.05, 3.63) is 32.6 Å². The van der Waals surface area contributed by atoms with Gasteiger partial charge in [-0.05, 0) is 6.92 Å². The molecule has 0 bridgehead atoms. The van der Waals surface area contributed by atoms with E-state index in [9.17, 15) is 24.2 Å². The van der Waals surface area contributed by atoms with Gasteiger partial charge in [0.1, 0.15) is 11.7 Å². The molecule has 5 atom stereocenters. The first kappa shape index (κ1) is 13.7. The second kappa shape index (κ2) is 3.91. The van der Waals surface area contributed by atoms with E-state index in [4.69, 9.17) is 16.3 Å². The van der Waals surface area contributed by atoms with Crippen molar-refractivity contribution in [2.45, 2.75) is 36.6 Å². The normalized spacial score (nSPS) is 42.5. The first-order valence-corrected chi connectivity index (χ1v) is 6.43. The van der Waals surface area contributed by atoms with Gasteiger partial charge in [0.15, 0.2) is 18.0 Å². The first-order chi connectivity index (χ1) is 9.29. The smallest absolute Gasteiger partial charge is 0.330 e. The molecule has 2 aliphatic rings. The predicted molar refractivity (Wildman–Crippen MR) is 65.5 cm³/mol. The van der Waals surface area contributed by atoms with Crippen molar-refractivity contribution in [3.63, 3.8) is 0 Å². The third kappa shape index (κ3) is 1.34. The summed E-state index contributed by atoms with van der Waals surface area (Å²) in [4.78, 5) is 25.0. The quantitative estimate of drug-likeness (QED) is 0.595. The number of aromatic amines is 1. The van der Waals surface area contributed by atoms with Crippen LogP contribution < -0.4 is 11.2 Å². The summed E-state index contributed by atoms with van der Waals surface area (Å²) < 4.78 is 20.5. The van der Waals surface area contributed by atoms with E-state index < -0.39 is 41.0 Å². The average Bonchev–Trinajstić information content (AvgIpc) is 2.76. The number of H-pyrrole nitrogens is 1. The van der Waals surface area contributed by atoms with Crippen LogP contribution >= 0.6 is 11.6 Å². The van der Waals surface area contributed by atoms with Gasteiger partial charge >= 0.3 is 5.69 Å². The number of alkyl halides is 2. The largest absolute Gasteiger partial charge is 0.387 e. The van der Waals surface area contributed by atoms with Crippen LogP contribution in [0.1, 0.15) is 11.8 Å². The minimum Gasteiger partial charge on any atom is -0.387 e. The molecule has 0 amide bonds. The van der Waals surface area contributed by atoms with Crippen LogP contribution in [0.5, 0.6) is 0 Å². The molecule has 1 aliphatic heterocycles. The number of aliphatic hydroxyl groups is 2. The fourth-order valence-corrected chi connectivity index (χ4v) is 3.14. The van der Waals surface area contributed by atoms with Crippen LogP contribution in [0.25, 0.3) is 0 Å². The first-order valence-electron chi connectivity index (χ1n) is 5.90. The molecule has 3 N–H and O–H groups in total. The molecular weight excluding hydrogens is 295 g/mol. The topological polar surface area (TPSA) is 105 Å². The van der Waals surface area contributed by atoms with Crippen molar-refractivity contribution < 1.29 is 19.3 Å². The standard InChI is InChI=1S/C11H12ClFN2O5/c1-4-2-15(9(18)14-6(4)16)7-5(13)11(19)8(17)10(11,3-12)20-7/h2,5,7-8,17,19H,3H2,1H3,(H,14,16,18)/t5-,7-,8?,10-,11-/m1/s1. The average molecular weight is 307 g/mol. The second-order valence-electron chi connectivity index (χ2n) is 5.14. The molecule has 1 aliphatic carbocycles. The fourth-order valence-electron chi connectivity index (χ4n) is 2.71. The summed E-state index contributed by atoms with van der Waals surface area (Å²) in [6.45, 7) is 1.44. The lowest BCUT2D eigenvalue weighted by molar-refractivity contribution is -0.0869. The van der Waals surface area contributed by atoms with Crippen LogP contribution in [0.3, 0.4) is 0 Å². The SMILES string of the molecule is Cc1cn([C@@H]2O[C@]3(CCl)C(O)[C@]3(O)[C@@H]2F)c(=O)[nH]c1=O. The molecule has 1 unspecified atom stereocenters. The summed E-state index contributed by atoms with van der Waals surface area (Å²) >= 11 is 5.63. The zero-order chi connectivity index (χ0) is 14.9. The van der Waals surface area contributed by atoms with E-state index in [2.05, 4.69) is 0 Å². The van der Waals surface area contributed by atoms with Gasteiger partial charge in [0.25, 0.3) is 5.56 Å². The Morgan fingerprint density at radius 1 is 1.60 bits per heavy atom. The minimum absolute atomic E-state index is 0.188. The Balaban J connectivity index is 2.05. The number of hydrogen-bond acceptors (Lipinski definition) is 5. The third-order valence-corrected chi connectivity index (χ3v) is 4.47. The highest BCUT2D eigenvalue weighted by atomic mass is 35.5. The van der Waals surface area contributed by atoms with Crippen LogP contribution in [0.15, 0.2) is 15.8 Å². The lowest BCUT2D eigenvalue weighted by Gasteiger charge is -2.22. The van der Waals surface area contributed by atoms with Gasteiger partial charge in [-0.3, -0.25) is 14.3 Å². The molecule has 3 rings (SSSR count). The molecule has 0 aromatic carbocycles. The van der Waals surface area contributed by atoms with Crippen LogP contribution in [0, 0.1) is 6.92 Å². The molecule has 2 heterocycles. The molecule has 1 aromatic heterocycles. The maximum absolute atomic E-state index is 14.3. The van der Waals surface area contributed by atoms with Crippen molar-refractivity contribution >= 4 is 11.6 Å². The van der Waals surface area contributed by atoms with E-state index in [1.165, 1.54) is 6.92 Å². The van der Waals surface area contributed by atoms with Crippen LogP contribution in [-0.4, -0.2) is 49.1 Å². The molecule has 2 fully saturated rings. The molecule has 20 heavy (non-hydrogen) atoms. The van der Waals surface area contributed by atoms with Gasteiger partial charge in [-0.25, -0.2) is 9.18 Å². The molecule has 1 saturated carbocycles. The van der Waals surface area contributed by atoms with Crippen molar-refractivity contribution in [2.24, 2.45) is 0 Å². The monoisotopic (exact) mass is 306 g/mol. The van der Waals surface area contributed by atoms with Gasteiger partial charge in [-0.1, -0.05) is 0 Å².